The van der Waals surface area contributed by atoms with Gasteiger partial charge >= 0.3 is 0 Å². The van der Waals surface area contributed by atoms with Gasteiger partial charge in [-0.05, 0) is 36.4 Å². The van der Waals surface area contributed by atoms with Gasteiger partial charge in [0.05, 0.1) is 16.7 Å². The number of imidazole rings is 1. The highest BCUT2D eigenvalue weighted by atomic mass is 15.1. The van der Waals surface area contributed by atoms with Crippen molar-refractivity contribution >= 4 is 11.0 Å². The molecule has 6 rings (SSSR count). The van der Waals surface area contributed by atoms with Crippen LogP contribution in [0.4, 0.5) is 0 Å². The average molecular weight is 425 g/mol. The largest absolute Gasteiger partial charge is 0.291 e. The molecule has 0 fully saturated rings. The molecule has 0 spiro atoms. The standard InChI is InChI=1S/C29H20N4/c1-3-9-21(10-4-1)25-17-15-22(19-30-25)23-16-18-27(31-20-23)29-32-26-13-7-8-14-28(26)33(29)24-11-5-2-6-12-24/h1-20H. The quantitative estimate of drug-likeness (QED) is 0.312. The van der Waals surface area contributed by atoms with Gasteiger partial charge in [0.25, 0.3) is 0 Å². The Morgan fingerprint density at radius 2 is 1.09 bits per heavy atom. The summed E-state index contributed by atoms with van der Waals surface area (Å²) in [6.45, 7) is 0. The maximum atomic E-state index is 4.90. The maximum Gasteiger partial charge on any atom is 0.164 e. The number of nitrogens with zero attached hydrogens (tertiary/aromatic N) is 4. The minimum Gasteiger partial charge on any atom is -0.291 e. The van der Waals surface area contributed by atoms with Crippen LogP contribution in [0.15, 0.2) is 122 Å². The van der Waals surface area contributed by atoms with Gasteiger partial charge in [-0.1, -0.05) is 72.8 Å². The van der Waals surface area contributed by atoms with E-state index in [0.717, 1.165) is 50.6 Å². The molecule has 0 saturated heterocycles. The third-order valence-corrected chi connectivity index (χ3v) is 5.73. The van der Waals surface area contributed by atoms with Crippen LogP contribution in [0, 0.1) is 0 Å². The van der Waals surface area contributed by atoms with Crippen molar-refractivity contribution < 1.29 is 0 Å². The summed E-state index contributed by atoms with van der Waals surface area (Å²) in [5.74, 6) is 0.825. The molecular weight excluding hydrogens is 404 g/mol. The minimum absolute atomic E-state index is 0.825. The van der Waals surface area contributed by atoms with Gasteiger partial charge < -0.3 is 0 Å². The lowest BCUT2D eigenvalue weighted by Gasteiger charge is -2.09. The average Bonchev–Trinajstić information content (AvgIpc) is 3.30. The molecule has 4 heteroatoms. The molecule has 6 aromatic rings. The molecule has 0 saturated carbocycles. The molecule has 0 atom stereocenters. The Morgan fingerprint density at radius 3 is 1.76 bits per heavy atom. The molecule has 0 aliphatic rings. The topological polar surface area (TPSA) is 43.6 Å². The smallest absolute Gasteiger partial charge is 0.164 e. The first-order valence-electron chi connectivity index (χ1n) is 10.9. The summed E-state index contributed by atoms with van der Waals surface area (Å²) < 4.78 is 2.16. The molecule has 33 heavy (non-hydrogen) atoms. The van der Waals surface area contributed by atoms with E-state index in [1.54, 1.807) is 0 Å². The molecule has 0 unspecified atom stereocenters. The van der Waals surface area contributed by atoms with E-state index < -0.39 is 0 Å². The molecule has 0 radical (unpaired) electrons. The van der Waals surface area contributed by atoms with E-state index in [0.29, 0.717) is 0 Å². The third-order valence-electron chi connectivity index (χ3n) is 5.73. The Labute approximate surface area is 191 Å². The number of pyridine rings is 2. The Balaban J connectivity index is 1.38. The second-order valence-corrected chi connectivity index (χ2v) is 7.83. The summed E-state index contributed by atoms with van der Waals surface area (Å²) in [6, 6.07) is 36.9. The van der Waals surface area contributed by atoms with Crippen LogP contribution in [0.1, 0.15) is 0 Å². The molecule has 3 aromatic carbocycles. The molecule has 0 N–H and O–H groups in total. The summed E-state index contributed by atoms with van der Waals surface area (Å²) in [6.07, 6.45) is 3.79. The van der Waals surface area contributed by atoms with Crippen molar-refractivity contribution in [3.8, 4) is 39.6 Å². The lowest BCUT2D eigenvalue weighted by molar-refractivity contribution is 1.08. The van der Waals surface area contributed by atoms with Crippen LogP contribution < -0.4 is 0 Å². The number of fused-ring (bicyclic) bond motifs is 1. The van der Waals surface area contributed by atoms with Crippen LogP contribution in [0.3, 0.4) is 0 Å². The first kappa shape index (κ1) is 19.1. The first-order valence-corrected chi connectivity index (χ1v) is 10.9. The lowest BCUT2D eigenvalue weighted by Crippen LogP contribution is -1.98. The van der Waals surface area contributed by atoms with Gasteiger partial charge in [-0.3, -0.25) is 14.5 Å². The van der Waals surface area contributed by atoms with Crippen molar-refractivity contribution in [2.45, 2.75) is 0 Å². The highest BCUT2D eigenvalue weighted by Crippen LogP contribution is 2.29. The Hall–Kier alpha value is -4.57. The molecule has 3 heterocycles. The van der Waals surface area contributed by atoms with Crippen molar-refractivity contribution in [2.24, 2.45) is 0 Å². The number of aromatic nitrogens is 4. The second kappa shape index (κ2) is 8.17. The van der Waals surface area contributed by atoms with Crippen molar-refractivity contribution in [1.82, 2.24) is 19.5 Å². The summed E-state index contributed by atoms with van der Waals surface area (Å²) >= 11 is 0. The SMILES string of the molecule is c1ccc(-c2ccc(-c3ccc(-c4nc5ccccc5n4-c4ccccc4)nc3)cn2)cc1. The zero-order chi connectivity index (χ0) is 22.0. The molecular formula is C29H20N4. The zero-order valence-electron chi connectivity index (χ0n) is 17.8. The van der Waals surface area contributed by atoms with Crippen molar-refractivity contribution in [1.29, 1.82) is 0 Å². The maximum absolute atomic E-state index is 4.90. The molecule has 156 valence electrons. The predicted molar refractivity (Wildman–Crippen MR) is 133 cm³/mol. The Kier molecular flexibility index (Phi) is 4.74. The lowest BCUT2D eigenvalue weighted by atomic mass is 10.1. The van der Waals surface area contributed by atoms with Crippen LogP contribution in [-0.2, 0) is 0 Å². The summed E-state index contributed by atoms with van der Waals surface area (Å²) in [7, 11) is 0. The highest BCUT2D eigenvalue weighted by molar-refractivity contribution is 5.82. The first-order chi connectivity index (χ1) is 16.4. The summed E-state index contributed by atoms with van der Waals surface area (Å²) in [5.41, 5.74) is 8.02. The second-order valence-electron chi connectivity index (χ2n) is 7.83. The van der Waals surface area contributed by atoms with E-state index in [4.69, 9.17) is 9.97 Å². The number of rotatable bonds is 4. The van der Waals surface area contributed by atoms with Crippen LogP contribution in [0.25, 0.3) is 50.6 Å². The van der Waals surface area contributed by atoms with Gasteiger partial charge in [0.2, 0.25) is 0 Å². The van der Waals surface area contributed by atoms with Crippen LogP contribution in [-0.4, -0.2) is 19.5 Å². The number of para-hydroxylation sites is 3. The normalized spacial score (nSPS) is 11.0. The van der Waals surface area contributed by atoms with Crippen molar-refractivity contribution in [2.75, 3.05) is 0 Å². The van der Waals surface area contributed by atoms with E-state index in [1.807, 2.05) is 79.1 Å². The van der Waals surface area contributed by atoms with Gasteiger partial charge in [-0.25, -0.2) is 4.98 Å². The van der Waals surface area contributed by atoms with E-state index in [-0.39, 0.29) is 0 Å². The monoisotopic (exact) mass is 424 g/mol. The van der Waals surface area contributed by atoms with Crippen LogP contribution in [0.2, 0.25) is 0 Å². The van der Waals surface area contributed by atoms with Crippen molar-refractivity contribution in [3.63, 3.8) is 0 Å². The molecule has 0 amide bonds. The number of hydrogen-bond donors (Lipinski definition) is 0. The van der Waals surface area contributed by atoms with E-state index in [2.05, 4.69) is 52.0 Å². The van der Waals surface area contributed by atoms with Gasteiger partial charge in [-0.15, -0.1) is 0 Å². The molecule has 3 aromatic heterocycles. The molecule has 4 nitrogen and oxygen atoms in total. The molecule has 0 bridgehead atoms. The summed E-state index contributed by atoms with van der Waals surface area (Å²) in [4.78, 5) is 14.3. The minimum atomic E-state index is 0.825. The van der Waals surface area contributed by atoms with Gasteiger partial charge in [0.1, 0.15) is 5.69 Å². The fourth-order valence-electron chi connectivity index (χ4n) is 4.08. The molecule has 0 aliphatic heterocycles. The third kappa shape index (κ3) is 3.58. The van der Waals surface area contributed by atoms with Crippen LogP contribution >= 0.6 is 0 Å². The van der Waals surface area contributed by atoms with Crippen LogP contribution in [0.5, 0.6) is 0 Å². The van der Waals surface area contributed by atoms with E-state index in [1.165, 1.54) is 0 Å². The number of hydrogen-bond acceptors (Lipinski definition) is 3. The highest BCUT2D eigenvalue weighted by Gasteiger charge is 2.15. The molecule has 0 aliphatic carbocycles. The Morgan fingerprint density at radius 1 is 0.485 bits per heavy atom. The van der Waals surface area contributed by atoms with Crippen molar-refractivity contribution in [3.05, 3.63) is 122 Å². The fraction of sp³-hybridized carbons (Fsp3) is 0. The Bertz CT molecular complexity index is 1520. The zero-order valence-corrected chi connectivity index (χ0v) is 17.8. The van der Waals surface area contributed by atoms with E-state index >= 15 is 0 Å². The fourth-order valence-corrected chi connectivity index (χ4v) is 4.08. The van der Waals surface area contributed by atoms with Gasteiger partial charge in [-0.2, -0.15) is 0 Å². The van der Waals surface area contributed by atoms with Gasteiger partial charge in [0, 0.05) is 34.8 Å². The van der Waals surface area contributed by atoms with Gasteiger partial charge in [0.15, 0.2) is 5.82 Å². The predicted octanol–water partition coefficient (Wildman–Crippen LogP) is 6.82. The van der Waals surface area contributed by atoms with E-state index in [9.17, 15) is 0 Å². The summed E-state index contributed by atoms with van der Waals surface area (Å²) in [5, 5.41) is 0. The number of benzene rings is 3.